The Balaban J connectivity index is 1.54. The molecule has 1 aromatic carbocycles. The average molecular weight is 424 g/mol. The van der Waals surface area contributed by atoms with Crippen molar-refractivity contribution in [1.29, 1.82) is 0 Å². The fourth-order valence-electron chi connectivity index (χ4n) is 4.41. The molecule has 7 heteroatoms. The summed E-state index contributed by atoms with van der Waals surface area (Å²) in [5, 5.41) is 10.5. The number of nitrogens with two attached hydrogens (primary N) is 1. The molecule has 0 aliphatic heterocycles. The summed E-state index contributed by atoms with van der Waals surface area (Å²) in [6.45, 7) is 5.44. The van der Waals surface area contributed by atoms with Crippen LogP contribution in [-0.4, -0.2) is 31.2 Å². The third-order valence-electron chi connectivity index (χ3n) is 6.30. The number of fused-ring (bicyclic) bond motifs is 1. The van der Waals surface area contributed by atoms with Crippen LogP contribution >= 0.6 is 0 Å². The molecule has 1 fully saturated rings. The van der Waals surface area contributed by atoms with Gasteiger partial charge in [0.2, 0.25) is 0 Å². The summed E-state index contributed by atoms with van der Waals surface area (Å²) in [5.74, 6) is 1.85. The van der Waals surface area contributed by atoms with Gasteiger partial charge < -0.3 is 15.6 Å². The Morgan fingerprint density at radius 2 is 1.90 bits per heavy atom. The highest BCUT2D eigenvalue weighted by molar-refractivity contribution is 5.83. The number of aromatic hydroxyl groups is 1. The zero-order valence-corrected chi connectivity index (χ0v) is 18.5. The smallest absolute Gasteiger partial charge is 0.320 e. The Kier molecular flexibility index (Phi) is 6.59. The molecule has 31 heavy (non-hydrogen) atoms. The topological polar surface area (TPSA) is 99.1 Å². The second-order valence-corrected chi connectivity index (χ2v) is 8.91. The number of hydrogen-bond acceptors (Lipinski definition) is 6. The third kappa shape index (κ3) is 5.09. The molecule has 0 bridgehead atoms. The molecule has 1 aliphatic carbocycles. The summed E-state index contributed by atoms with van der Waals surface area (Å²) in [6.07, 6.45) is 8.35. The Morgan fingerprint density at radius 3 is 2.68 bits per heavy atom. The van der Waals surface area contributed by atoms with E-state index in [4.69, 9.17) is 10.5 Å². The van der Waals surface area contributed by atoms with Crippen molar-refractivity contribution in [3.05, 3.63) is 35.4 Å². The summed E-state index contributed by atoms with van der Waals surface area (Å²) in [6, 6.07) is 8.70. The number of hydrogen-bond donors (Lipinski definition) is 2. The van der Waals surface area contributed by atoms with Crippen molar-refractivity contribution in [2.24, 2.45) is 11.8 Å². The standard InChI is InChI=1S/C24H33N5O2/c1-3-4-12-31-23-27-21(25)20-22(28-23)29(24(30)26-20)15-19-7-5-6-18(14-19)13-17-10-8-16(2)9-11-17/h5-7,14,16-17H,3-4,8-13,15H2,1-2H3,(H,26,30)(H2,25,27,28). The number of rotatable bonds is 8. The third-order valence-corrected chi connectivity index (χ3v) is 6.30. The quantitative estimate of drug-likeness (QED) is 0.509. The van der Waals surface area contributed by atoms with Crippen molar-refractivity contribution >= 4 is 17.0 Å². The minimum absolute atomic E-state index is 0.117. The summed E-state index contributed by atoms with van der Waals surface area (Å²) >= 11 is 0. The first kappa shape index (κ1) is 21.4. The lowest BCUT2D eigenvalue weighted by Gasteiger charge is -2.26. The first-order chi connectivity index (χ1) is 15.0. The summed E-state index contributed by atoms with van der Waals surface area (Å²) in [7, 11) is 0. The van der Waals surface area contributed by atoms with Gasteiger partial charge in [-0.3, -0.25) is 4.57 Å². The normalized spacial score (nSPS) is 19.0. The van der Waals surface area contributed by atoms with E-state index in [1.807, 2.05) is 0 Å². The fraction of sp³-hybridized carbons (Fsp3) is 0.542. The maximum atomic E-state index is 10.5. The van der Waals surface area contributed by atoms with Gasteiger partial charge in [0.25, 0.3) is 6.01 Å². The van der Waals surface area contributed by atoms with Crippen LogP contribution in [-0.2, 0) is 13.0 Å². The van der Waals surface area contributed by atoms with Crippen molar-refractivity contribution in [3.8, 4) is 12.0 Å². The van der Waals surface area contributed by atoms with Crippen LogP contribution in [0.2, 0.25) is 0 Å². The second-order valence-electron chi connectivity index (χ2n) is 8.91. The highest BCUT2D eigenvalue weighted by Gasteiger charge is 2.20. The first-order valence-corrected chi connectivity index (χ1v) is 11.5. The number of benzene rings is 1. The minimum Gasteiger partial charge on any atom is -0.480 e. The number of nitrogens with zero attached hydrogens (tertiary/aromatic N) is 4. The van der Waals surface area contributed by atoms with Gasteiger partial charge >= 0.3 is 6.01 Å². The maximum Gasteiger partial charge on any atom is 0.320 e. The zero-order chi connectivity index (χ0) is 21.8. The van der Waals surface area contributed by atoms with Crippen LogP contribution in [0.5, 0.6) is 12.0 Å². The van der Waals surface area contributed by atoms with Gasteiger partial charge in [-0.15, -0.1) is 0 Å². The lowest BCUT2D eigenvalue weighted by molar-refractivity contribution is 0.286. The van der Waals surface area contributed by atoms with Crippen molar-refractivity contribution in [2.45, 2.75) is 65.3 Å². The van der Waals surface area contributed by atoms with Gasteiger partial charge in [-0.05, 0) is 48.6 Å². The lowest BCUT2D eigenvalue weighted by Crippen LogP contribution is -2.14. The molecule has 3 N–H and O–H groups in total. The number of imidazole rings is 1. The van der Waals surface area contributed by atoms with Gasteiger partial charge in [0.1, 0.15) is 0 Å². The molecule has 3 aromatic rings. The van der Waals surface area contributed by atoms with Crippen LogP contribution in [0.25, 0.3) is 11.2 Å². The zero-order valence-electron chi connectivity index (χ0n) is 18.5. The average Bonchev–Trinajstić information content (AvgIpc) is 3.06. The van der Waals surface area contributed by atoms with Crippen molar-refractivity contribution in [2.75, 3.05) is 12.3 Å². The molecule has 166 valence electrons. The van der Waals surface area contributed by atoms with Crippen molar-refractivity contribution < 1.29 is 9.84 Å². The van der Waals surface area contributed by atoms with Crippen LogP contribution < -0.4 is 10.5 Å². The lowest BCUT2D eigenvalue weighted by atomic mass is 9.80. The predicted octanol–water partition coefficient (Wildman–Crippen LogP) is 4.71. The van der Waals surface area contributed by atoms with E-state index in [1.54, 1.807) is 4.57 Å². The molecule has 0 saturated heterocycles. The van der Waals surface area contributed by atoms with E-state index >= 15 is 0 Å². The monoisotopic (exact) mass is 423 g/mol. The van der Waals surface area contributed by atoms with E-state index in [1.165, 1.54) is 31.2 Å². The predicted molar refractivity (Wildman–Crippen MR) is 122 cm³/mol. The number of unbranched alkanes of at least 4 members (excludes halogenated alkanes) is 1. The van der Waals surface area contributed by atoms with E-state index in [-0.39, 0.29) is 17.8 Å². The summed E-state index contributed by atoms with van der Waals surface area (Å²) in [5.41, 5.74) is 9.39. The van der Waals surface area contributed by atoms with Crippen molar-refractivity contribution in [1.82, 2.24) is 19.5 Å². The Bertz CT molecular complexity index is 1020. The molecular formula is C24H33N5O2. The Morgan fingerprint density at radius 1 is 1.13 bits per heavy atom. The molecular weight excluding hydrogens is 390 g/mol. The fourth-order valence-corrected chi connectivity index (χ4v) is 4.41. The van der Waals surface area contributed by atoms with E-state index < -0.39 is 0 Å². The van der Waals surface area contributed by atoms with E-state index in [9.17, 15) is 5.11 Å². The highest BCUT2D eigenvalue weighted by atomic mass is 16.5. The maximum absolute atomic E-state index is 10.5. The number of ether oxygens (including phenoxy) is 1. The molecule has 2 aromatic heterocycles. The van der Waals surface area contributed by atoms with Crippen molar-refractivity contribution in [3.63, 3.8) is 0 Å². The molecule has 1 saturated carbocycles. The second kappa shape index (κ2) is 9.54. The molecule has 0 amide bonds. The van der Waals surface area contributed by atoms with Gasteiger partial charge in [0.15, 0.2) is 17.0 Å². The molecule has 0 unspecified atom stereocenters. The largest absolute Gasteiger partial charge is 0.480 e. The van der Waals surface area contributed by atoms with Crippen LogP contribution in [0.15, 0.2) is 24.3 Å². The molecule has 0 spiro atoms. The van der Waals surface area contributed by atoms with Crippen LogP contribution in [0, 0.1) is 11.8 Å². The van der Waals surface area contributed by atoms with Gasteiger partial charge in [-0.2, -0.15) is 15.0 Å². The van der Waals surface area contributed by atoms with Crippen LogP contribution in [0.1, 0.15) is 63.5 Å². The van der Waals surface area contributed by atoms with Gasteiger partial charge in [-0.25, -0.2) is 0 Å². The van der Waals surface area contributed by atoms with Crippen LogP contribution in [0.3, 0.4) is 0 Å². The summed E-state index contributed by atoms with van der Waals surface area (Å²) < 4.78 is 7.30. The number of aromatic nitrogens is 4. The Labute approximate surface area is 183 Å². The van der Waals surface area contributed by atoms with Gasteiger partial charge in [-0.1, -0.05) is 57.4 Å². The molecule has 4 rings (SSSR count). The molecule has 2 heterocycles. The van der Waals surface area contributed by atoms with E-state index in [2.05, 4.69) is 53.1 Å². The van der Waals surface area contributed by atoms with E-state index in [0.717, 1.165) is 36.7 Å². The summed E-state index contributed by atoms with van der Waals surface area (Å²) in [4.78, 5) is 12.8. The SMILES string of the molecule is CCCCOc1nc(N)c2nc(O)n(Cc3cccc(CC4CCC(C)CC4)c3)c2n1. The molecule has 1 aliphatic rings. The van der Waals surface area contributed by atoms with E-state index in [0.29, 0.717) is 24.3 Å². The molecule has 7 nitrogen and oxygen atoms in total. The molecule has 0 radical (unpaired) electrons. The number of anilines is 1. The molecule has 0 atom stereocenters. The van der Waals surface area contributed by atoms with Gasteiger partial charge in [0, 0.05) is 0 Å². The first-order valence-electron chi connectivity index (χ1n) is 11.5. The van der Waals surface area contributed by atoms with Gasteiger partial charge in [0.05, 0.1) is 13.2 Å². The number of nitrogen functional groups attached to an aromatic ring is 1. The highest BCUT2D eigenvalue weighted by Crippen LogP contribution is 2.31. The van der Waals surface area contributed by atoms with Crippen LogP contribution in [0.4, 0.5) is 5.82 Å². The Hall–Kier alpha value is -2.83. The minimum atomic E-state index is -0.117.